The lowest BCUT2D eigenvalue weighted by Crippen LogP contribution is -1.99. The Morgan fingerprint density at radius 2 is 1.79 bits per heavy atom. The molecular weight excluding hydrogens is 176 g/mol. The molecule has 14 heavy (non-hydrogen) atoms. The SMILES string of the molecule is C=C.O=C(CCCO)c1ccccc1. The van der Waals surface area contributed by atoms with Crippen molar-refractivity contribution in [3.05, 3.63) is 49.1 Å². The third kappa shape index (κ3) is 4.58. The molecule has 0 saturated carbocycles. The number of Topliss-reactive ketones (excluding diaryl/α,β-unsaturated/α-hetero) is 1. The number of ketones is 1. The van der Waals surface area contributed by atoms with Crippen molar-refractivity contribution in [2.45, 2.75) is 12.8 Å². The Morgan fingerprint density at radius 3 is 2.29 bits per heavy atom. The summed E-state index contributed by atoms with van der Waals surface area (Å²) in [5.41, 5.74) is 0.728. The lowest BCUT2D eigenvalue weighted by molar-refractivity contribution is 0.0971. The summed E-state index contributed by atoms with van der Waals surface area (Å²) in [7, 11) is 0. The molecule has 0 aliphatic rings. The first kappa shape index (κ1) is 12.6. The van der Waals surface area contributed by atoms with Gasteiger partial charge in [-0.25, -0.2) is 0 Å². The predicted molar refractivity (Wildman–Crippen MR) is 58.3 cm³/mol. The van der Waals surface area contributed by atoms with Crippen molar-refractivity contribution in [3.8, 4) is 0 Å². The number of carbonyl (C=O) groups excluding carboxylic acids is 1. The molecule has 1 aromatic rings. The Labute approximate surface area is 84.9 Å². The lowest BCUT2D eigenvalue weighted by atomic mass is 10.1. The van der Waals surface area contributed by atoms with Crippen LogP contribution in [0.5, 0.6) is 0 Å². The van der Waals surface area contributed by atoms with E-state index in [1.54, 1.807) is 12.1 Å². The lowest BCUT2D eigenvalue weighted by Gasteiger charge is -1.97. The Morgan fingerprint density at radius 1 is 1.21 bits per heavy atom. The third-order valence-corrected chi connectivity index (χ3v) is 1.66. The van der Waals surface area contributed by atoms with Crippen LogP contribution in [0.15, 0.2) is 43.5 Å². The minimum Gasteiger partial charge on any atom is -0.396 e. The van der Waals surface area contributed by atoms with E-state index in [1.807, 2.05) is 18.2 Å². The molecule has 1 rings (SSSR count). The number of rotatable bonds is 4. The van der Waals surface area contributed by atoms with Crippen LogP contribution in [0.4, 0.5) is 0 Å². The third-order valence-electron chi connectivity index (χ3n) is 1.66. The summed E-state index contributed by atoms with van der Waals surface area (Å²) in [4.78, 5) is 11.3. The molecule has 0 aliphatic carbocycles. The van der Waals surface area contributed by atoms with Crippen LogP contribution in [0.3, 0.4) is 0 Å². The molecule has 0 fully saturated rings. The minimum atomic E-state index is 0.0819. The van der Waals surface area contributed by atoms with Crippen molar-refractivity contribution < 1.29 is 9.90 Å². The Balaban J connectivity index is 0.000000791. The highest BCUT2D eigenvalue weighted by Crippen LogP contribution is 2.03. The molecule has 1 N–H and O–H groups in total. The van der Waals surface area contributed by atoms with E-state index >= 15 is 0 Å². The van der Waals surface area contributed by atoms with Crippen molar-refractivity contribution in [2.75, 3.05) is 6.61 Å². The van der Waals surface area contributed by atoms with Crippen molar-refractivity contribution in [2.24, 2.45) is 0 Å². The van der Waals surface area contributed by atoms with E-state index in [4.69, 9.17) is 5.11 Å². The van der Waals surface area contributed by atoms with Crippen molar-refractivity contribution >= 4 is 5.78 Å². The fraction of sp³-hybridized carbons (Fsp3) is 0.250. The molecule has 1 aromatic carbocycles. The highest BCUT2D eigenvalue weighted by molar-refractivity contribution is 5.95. The average molecular weight is 192 g/mol. The summed E-state index contributed by atoms with van der Waals surface area (Å²) in [6.45, 7) is 6.08. The summed E-state index contributed by atoms with van der Waals surface area (Å²) in [5, 5.41) is 8.51. The van der Waals surface area contributed by atoms with Gasteiger partial charge in [-0.1, -0.05) is 30.3 Å². The zero-order valence-corrected chi connectivity index (χ0v) is 8.28. The van der Waals surface area contributed by atoms with Crippen molar-refractivity contribution in [1.29, 1.82) is 0 Å². The first-order chi connectivity index (χ1) is 6.84. The number of carbonyl (C=O) groups is 1. The maximum absolute atomic E-state index is 11.3. The van der Waals surface area contributed by atoms with Gasteiger partial charge in [-0.15, -0.1) is 13.2 Å². The Hall–Kier alpha value is -1.41. The van der Waals surface area contributed by atoms with Crippen LogP contribution in [0.1, 0.15) is 23.2 Å². The maximum Gasteiger partial charge on any atom is 0.162 e. The van der Waals surface area contributed by atoms with E-state index in [-0.39, 0.29) is 12.4 Å². The molecule has 0 heterocycles. The summed E-state index contributed by atoms with van der Waals surface area (Å²) >= 11 is 0. The molecule has 0 unspecified atom stereocenters. The van der Waals surface area contributed by atoms with Gasteiger partial charge in [0, 0.05) is 18.6 Å². The van der Waals surface area contributed by atoms with Crippen LogP contribution in [0.25, 0.3) is 0 Å². The first-order valence-corrected chi connectivity index (χ1v) is 4.53. The molecule has 0 saturated heterocycles. The van der Waals surface area contributed by atoms with E-state index in [0.29, 0.717) is 12.8 Å². The summed E-state index contributed by atoms with van der Waals surface area (Å²) in [5.74, 6) is 0.102. The molecule has 2 heteroatoms. The molecule has 0 bridgehead atoms. The van der Waals surface area contributed by atoms with Crippen molar-refractivity contribution in [3.63, 3.8) is 0 Å². The van der Waals surface area contributed by atoms with Gasteiger partial charge in [-0.2, -0.15) is 0 Å². The molecule has 0 aromatic heterocycles. The van der Waals surface area contributed by atoms with E-state index in [1.165, 1.54) is 0 Å². The van der Waals surface area contributed by atoms with Gasteiger partial charge >= 0.3 is 0 Å². The fourth-order valence-electron chi connectivity index (χ4n) is 1.01. The highest BCUT2D eigenvalue weighted by atomic mass is 16.3. The van der Waals surface area contributed by atoms with E-state index in [0.717, 1.165) is 5.56 Å². The van der Waals surface area contributed by atoms with Crippen LogP contribution in [-0.2, 0) is 0 Å². The molecule has 0 aliphatic heterocycles. The van der Waals surface area contributed by atoms with Crippen LogP contribution in [0, 0.1) is 0 Å². The largest absolute Gasteiger partial charge is 0.396 e. The maximum atomic E-state index is 11.3. The monoisotopic (exact) mass is 192 g/mol. The topological polar surface area (TPSA) is 37.3 Å². The molecule has 0 radical (unpaired) electrons. The zero-order chi connectivity index (χ0) is 10.8. The highest BCUT2D eigenvalue weighted by Gasteiger charge is 2.02. The van der Waals surface area contributed by atoms with Gasteiger partial charge in [0.25, 0.3) is 0 Å². The molecule has 0 amide bonds. The van der Waals surface area contributed by atoms with Gasteiger partial charge in [0.15, 0.2) is 5.78 Å². The minimum absolute atomic E-state index is 0.0819. The second kappa shape index (κ2) is 8.20. The molecule has 0 atom stereocenters. The first-order valence-electron chi connectivity index (χ1n) is 4.53. The second-order valence-electron chi connectivity index (χ2n) is 2.62. The smallest absolute Gasteiger partial charge is 0.162 e. The van der Waals surface area contributed by atoms with Gasteiger partial charge < -0.3 is 5.11 Å². The number of aliphatic hydroxyl groups is 1. The van der Waals surface area contributed by atoms with Gasteiger partial charge in [-0.05, 0) is 6.42 Å². The molecule has 0 spiro atoms. The number of hydrogen-bond donors (Lipinski definition) is 1. The van der Waals surface area contributed by atoms with Gasteiger partial charge in [0.2, 0.25) is 0 Å². The summed E-state index contributed by atoms with van der Waals surface area (Å²) in [6, 6.07) is 9.14. The number of benzene rings is 1. The van der Waals surface area contributed by atoms with E-state index < -0.39 is 0 Å². The average Bonchev–Trinajstić information content (AvgIpc) is 2.30. The van der Waals surface area contributed by atoms with E-state index in [2.05, 4.69) is 13.2 Å². The fourth-order valence-corrected chi connectivity index (χ4v) is 1.01. The molecule has 2 nitrogen and oxygen atoms in total. The van der Waals surface area contributed by atoms with Gasteiger partial charge in [-0.3, -0.25) is 4.79 Å². The Kier molecular flexibility index (Phi) is 7.37. The van der Waals surface area contributed by atoms with Crippen molar-refractivity contribution in [1.82, 2.24) is 0 Å². The number of aliphatic hydroxyl groups excluding tert-OH is 1. The quantitative estimate of drug-likeness (QED) is 0.587. The standard InChI is InChI=1S/C10H12O2.C2H4/c11-8-4-7-10(12)9-5-2-1-3-6-9;1-2/h1-3,5-6,11H,4,7-8H2;1-2H2. The van der Waals surface area contributed by atoms with Crippen LogP contribution < -0.4 is 0 Å². The van der Waals surface area contributed by atoms with E-state index in [9.17, 15) is 4.79 Å². The van der Waals surface area contributed by atoms with Crippen LogP contribution in [-0.4, -0.2) is 17.5 Å². The summed E-state index contributed by atoms with van der Waals surface area (Å²) < 4.78 is 0. The molecule has 76 valence electrons. The predicted octanol–water partition coefficient (Wildman–Crippen LogP) is 2.44. The normalized spacial score (nSPS) is 8.64. The van der Waals surface area contributed by atoms with Gasteiger partial charge in [0.05, 0.1) is 0 Å². The Bertz CT molecular complexity index is 254. The molecular formula is C12H16O2. The number of hydrogen-bond acceptors (Lipinski definition) is 2. The van der Waals surface area contributed by atoms with Crippen LogP contribution in [0.2, 0.25) is 0 Å². The zero-order valence-electron chi connectivity index (χ0n) is 8.28. The van der Waals surface area contributed by atoms with Gasteiger partial charge in [0.1, 0.15) is 0 Å². The second-order valence-corrected chi connectivity index (χ2v) is 2.62. The summed E-state index contributed by atoms with van der Waals surface area (Å²) in [6.07, 6.45) is 0.980. The van der Waals surface area contributed by atoms with Crippen LogP contribution >= 0.6 is 0 Å².